The fourth-order valence-electron chi connectivity index (χ4n) is 1.50. The number of carbonyl (C=O) groups excluding carboxylic acids is 2. The summed E-state index contributed by atoms with van der Waals surface area (Å²) in [6.07, 6.45) is 2.69. The third-order valence-electron chi connectivity index (χ3n) is 2.53. The second-order valence-electron chi connectivity index (χ2n) is 4.35. The molecule has 0 aliphatic rings. The van der Waals surface area contributed by atoms with Crippen molar-refractivity contribution in [2.45, 2.75) is 53.4 Å². The highest BCUT2D eigenvalue weighted by molar-refractivity contribution is 5.99. The van der Waals surface area contributed by atoms with Gasteiger partial charge in [-0.2, -0.15) is 0 Å². The molecule has 4 heteroatoms. The van der Waals surface area contributed by atoms with Crippen LogP contribution in [0.15, 0.2) is 0 Å². The summed E-state index contributed by atoms with van der Waals surface area (Å²) in [6.45, 7) is 8.06. The predicted molar refractivity (Wildman–Crippen MR) is 65.5 cm³/mol. The largest absolute Gasteiger partial charge is 0.465 e. The Morgan fingerprint density at radius 3 is 1.59 bits per heavy atom. The van der Waals surface area contributed by atoms with Gasteiger partial charge >= 0.3 is 11.9 Å². The van der Waals surface area contributed by atoms with Gasteiger partial charge in [0.25, 0.3) is 0 Å². The van der Waals surface area contributed by atoms with Gasteiger partial charge in [-0.3, -0.25) is 9.59 Å². The number of ether oxygens (including phenoxy) is 2. The molecule has 0 saturated carbocycles. The Labute approximate surface area is 104 Å². The first-order chi connectivity index (χ1) is 8.02. The van der Waals surface area contributed by atoms with Gasteiger partial charge in [0.05, 0.1) is 13.2 Å². The van der Waals surface area contributed by atoms with Crippen molar-refractivity contribution in [2.24, 2.45) is 5.41 Å². The summed E-state index contributed by atoms with van der Waals surface area (Å²) in [5.41, 5.74) is -1.15. The maximum absolute atomic E-state index is 11.9. The first kappa shape index (κ1) is 15.9. The first-order valence-corrected chi connectivity index (χ1v) is 6.37. The van der Waals surface area contributed by atoms with Crippen LogP contribution in [-0.4, -0.2) is 25.2 Å². The molecule has 0 saturated heterocycles. The summed E-state index contributed by atoms with van der Waals surface area (Å²) in [7, 11) is 0. The zero-order valence-electron chi connectivity index (χ0n) is 11.4. The molecule has 4 nitrogen and oxygen atoms in total. The third-order valence-corrected chi connectivity index (χ3v) is 2.53. The minimum absolute atomic E-state index is 0.346. The number of hydrogen-bond acceptors (Lipinski definition) is 4. The van der Waals surface area contributed by atoms with Gasteiger partial charge in [-0.25, -0.2) is 0 Å². The molecule has 0 unspecified atom stereocenters. The van der Waals surface area contributed by atoms with E-state index >= 15 is 0 Å². The normalized spacial score (nSPS) is 11.1. The van der Waals surface area contributed by atoms with Crippen molar-refractivity contribution in [1.82, 2.24) is 0 Å². The van der Waals surface area contributed by atoms with E-state index in [0.29, 0.717) is 19.6 Å². The summed E-state index contributed by atoms with van der Waals surface area (Å²) in [6, 6.07) is 0. The van der Waals surface area contributed by atoms with Gasteiger partial charge in [-0.15, -0.1) is 0 Å². The Bertz CT molecular complexity index is 228. The first-order valence-electron chi connectivity index (χ1n) is 6.37. The average Bonchev–Trinajstić information content (AvgIpc) is 2.32. The summed E-state index contributed by atoms with van der Waals surface area (Å²) in [5.74, 6) is -0.940. The molecule has 100 valence electrons. The van der Waals surface area contributed by atoms with Gasteiger partial charge in [0, 0.05) is 0 Å². The van der Waals surface area contributed by atoms with Gasteiger partial charge in [-0.05, 0) is 26.2 Å². The van der Waals surface area contributed by atoms with Crippen molar-refractivity contribution < 1.29 is 19.1 Å². The topological polar surface area (TPSA) is 52.6 Å². The fraction of sp³-hybridized carbons (Fsp3) is 0.846. The average molecular weight is 244 g/mol. The molecular weight excluding hydrogens is 220 g/mol. The Morgan fingerprint density at radius 2 is 1.29 bits per heavy atom. The molecule has 0 bridgehead atoms. The predicted octanol–water partition coefficient (Wildman–Crippen LogP) is 2.70. The minimum Gasteiger partial charge on any atom is -0.465 e. The quantitative estimate of drug-likeness (QED) is 0.486. The van der Waals surface area contributed by atoms with Crippen LogP contribution in [0.4, 0.5) is 0 Å². The van der Waals surface area contributed by atoms with E-state index in [9.17, 15) is 9.59 Å². The maximum atomic E-state index is 11.9. The van der Waals surface area contributed by atoms with Crippen molar-refractivity contribution in [3.63, 3.8) is 0 Å². The molecule has 0 rings (SSSR count). The van der Waals surface area contributed by atoms with Gasteiger partial charge in [-0.1, -0.05) is 27.2 Å². The van der Waals surface area contributed by atoms with Crippen molar-refractivity contribution in [2.75, 3.05) is 13.2 Å². The van der Waals surface area contributed by atoms with Crippen LogP contribution < -0.4 is 0 Å². The van der Waals surface area contributed by atoms with Gasteiger partial charge < -0.3 is 9.47 Å². The van der Waals surface area contributed by atoms with Gasteiger partial charge in [0.1, 0.15) is 0 Å². The SMILES string of the molecule is CCCOC(=O)C(C)(CCC)C(=O)OCCC. The molecule has 0 aromatic heterocycles. The Morgan fingerprint density at radius 1 is 0.882 bits per heavy atom. The number of carbonyl (C=O) groups is 2. The molecule has 0 aliphatic carbocycles. The van der Waals surface area contributed by atoms with E-state index in [-0.39, 0.29) is 0 Å². The smallest absolute Gasteiger partial charge is 0.323 e. The highest BCUT2D eigenvalue weighted by Gasteiger charge is 2.43. The van der Waals surface area contributed by atoms with Crippen molar-refractivity contribution in [3.8, 4) is 0 Å². The molecule has 0 atom stereocenters. The van der Waals surface area contributed by atoms with Crippen molar-refractivity contribution >= 4 is 11.9 Å². The second kappa shape index (κ2) is 8.09. The van der Waals surface area contributed by atoms with Gasteiger partial charge in [0.15, 0.2) is 5.41 Å². The Kier molecular flexibility index (Phi) is 7.59. The molecule has 0 heterocycles. The lowest BCUT2D eigenvalue weighted by Gasteiger charge is -2.24. The maximum Gasteiger partial charge on any atom is 0.323 e. The molecule has 0 amide bonds. The summed E-state index contributed by atoms with van der Waals surface area (Å²) in [5, 5.41) is 0. The molecule has 0 fully saturated rings. The number of hydrogen-bond donors (Lipinski definition) is 0. The lowest BCUT2D eigenvalue weighted by molar-refractivity contribution is -0.171. The zero-order valence-corrected chi connectivity index (χ0v) is 11.4. The van der Waals surface area contributed by atoms with Crippen LogP contribution in [0.25, 0.3) is 0 Å². The van der Waals surface area contributed by atoms with Crippen molar-refractivity contribution in [3.05, 3.63) is 0 Å². The van der Waals surface area contributed by atoms with E-state index in [1.807, 2.05) is 20.8 Å². The van der Waals surface area contributed by atoms with Crippen LogP contribution in [0.3, 0.4) is 0 Å². The molecule has 0 N–H and O–H groups in total. The summed E-state index contributed by atoms with van der Waals surface area (Å²) >= 11 is 0. The molecule has 0 aromatic rings. The Balaban J connectivity index is 4.63. The van der Waals surface area contributed by atoms with Crippen LogP contribution >= 0.6 is 0 Å². The van der Waals surface area contributed by atoms with E-state index in [1.165, 1.54) is 0 Å². The monoisotopic (exact) mass is 244 g/mol. The van der Waals surface area contributed by atoms with E-state index in [0.717, 1.165) is 19.3 Å². The van der Waals surface area contributed by atoms with Crippen LogP contribution in [0.5, 0.6) is 0 Å². The summed E-state index contributed by atoms with van der Waals surface area (Å²) in [4.78, 5) is 23.8. The minimum atomic E-state index is -1.15. The van der Waals surface area contributed by atoms with E-state index < -0.39 is 17.4 Å². The van der Waals surface area contributed by atoms with Crippen LogP contribution in [0.2, 0.25) is 0 Å². The standard InChI is InChI=1S/C13H24O4/c1-5-8-13(4,11(14)16-9-6-2)12(15)17-10-7-3/h5-10H2,1-4H3. The summed E-state index contributed by atoms with van der Waals surface area (Å²) < 4.78 is 10.1. The lowest BCUT2D eigenvalue weighted by Crippen LogP contribution is -2.39. The highest BCUT2D eigenvalue weighted by atomic mass is 16.6. The third kappa shape index (κ3) is 4.75. The second-order valence-corrected chi connectivity index (χ2v) is 4.35. The highest BCUT2D eigenvalue weighted by Crippen LogP contribution is 2.27. The van der Waals surface area contributed by atoms with E-state index in [2.05, 4.69) is 0 Å². The van der Waals surface area contributed by atoms with Gasteiger partial charge in [0.2, 0.25) is 0 Å². The van der Waals surface area contributed by atoms with E-state index in [1.54, 1.807) is 6.92 Å². The van der Waals surface area contributed by atoms with Crippen molar-refractivity contribution in [1.29, 1.82) is 0 Å². The van der Waals surface area contributed by atoms with E-state index in [4.69, 9.17) is 9.47 Å². The molecule has 0 aliphatic heterocycles. The molecule has 0 aromatic carbocycles. The lowest BCUT2D eigenvalue weighted by atomic mass is 9.86. The number of esters is 2. The number of rotatable bonds is 8. The molecule has 0 radical (unpaired) electrons. The Hall–Kier alpha value is -1.06. The zero-order chi connectivity index (χ0) is 13.3. The van der Waals surface area contributed by atoms with Crippen LogP contribution in [0.1, 0.15) is 53.4 Å². The molecular formula is C13H24O4. The molecule has 0 spiro atoms. The molecule has 17 heavy (non-hydrogen) atoms. The van der Waals surface area contributed by atoms with Crippen LogP contribution in [0, 0.1) is 5.41 Å². The van der Waals surface area contributed by atoms with Crippen LogP contribution in [-0.2, 0) is 19.1 Å². The fourth-order valence-corrected chi connectivity index (χ4v) is 1.50.